The van der Waals surface area contributed by atoms with E-state index >= 15 is 0 Å². The molecule has 0 bridgehead atoms. The van der Waals surface area contributed by atoms with Crippen LogP contribution >= 0.6 is 12.4 Å². The zero-order valence-corrected chi connectivity index (χ0v) is 14.8. The van der Waals surface area contributed by atoms with Crippen LogP contribution in [0.3, 0.4) is 0 Å². The molecule has 1 fully saturated rings. The summed E-state index contributed by atoms with van der Waals surface area (Å²) >= 11 is 0. The highest BCUT2D eigenvalue weighted by atomic mass is 35.5. The maximum atomic E-state index is 12.3. The fourth-order valence-corrected chi connectivity index (χ4v) is 2.53. The van der Waals surface area contributed by atoms with Crippen molar-refractivity contribution in [1.29, 1.82) is 0 Å². The van der Waals surface area contributed by atoms with Crippen molar-refractivity contribution < 1.29 is 9.59 Å². The van der Waals surface area contributed by atoms with E-state index in [2.05, 4.69) is 12.2 Å². The third kappa shape index (κ3) is 4.69. The molecule has 1 unspecified atom stereocenters. The summed E-state index contributed by atoms with van der Waals surface area (Å²) in [6, 6.07) is 7.93. The first kappa shape index (κ1) is 19.5. The zero-order chi connectivity index (χ0) is 16.3. The van der Waals surface area contributed by atoms with Gasteiger partial charge in [-0.25, -0.2) is 0 Å². The molecule has 1 aromatic carbocycles. The van der Waals surface area contributed by atoms with Crippen molar-refractivity contribution in [1.82, 2.24) is 5.32 Å². The average molecular weight is 340 g/mol. The summed E-state index contributed by atoms with van der Waals surface area (Å²) in [5.74, 6) is -0.421. The number of rotatable bonds is 5. The van der Waals surface area contributed by atoms with Gasteiger partial charge in [0, 0.05) is 30.7 Å². The number of hydrogen-bond donors (Lipinski definition) is 2. The molecular weight excluding hydrogens is 314 g/mol. The Balaban J connectivity index is 0.00000264. The van der Waals surface area contributed by atoms with Gasteiger partial charge in [-0.1, -0.05) is 19.1 Å². The molecule has 1 aliphatic rings. The normalized spacial score (nSPS) is 17.8. The number of hydrogen-bond acceptors (Lipinski definition) is 3. The van der Waals surface area contributed by atoms with Gasteiger partial charge in [0.2, 0.25) is 11.8 Å². The van der Waals surface area contributed by atoms with Crippen molar-refractivity contribution in [3.63, 3.8) is 0 Å². The van der Waals surface area contributed by atoms with Crippen LogP contribution in [0.5, 0.6) is 0 Å². The van der Waals surface area contributed by atoms with Crippen LogP contribution in [0.4, 0.5) is 5.69 Å². The summed E-state index contributed by atoms with van der Waals surface area (Å²) in [5.41, 5.74) is 7.27. The van der Waals surface area contributed by atoms with Crippen molar-refractivity contribution in [3.8, 4) is 0 Å². The summed E-state index contributed by atoms with van der Waals surface area (Å²) < 4.78 is 0. The monoisotopic (exact) mass is 339 g/mol. The van der Waals surface area contributed by atoms with Crippen LogP contribution in [-0.4, -0.2) is 30.4 Å². The molecule has 1 aliphatic heterocycles. The lowest BCUT2D eigenvalue weighted by Gasteiger charge is -2.26. The Labute approximate surface area is 144 Å². The van der Waals surface area contributed by atoms with E-state index in [0.717, 1.165) is 12.1 Å². The van der Waals surface area contributed by atoms with E-state index in [1.165, 1.54) is 5.56 Å². The number of halogens is 1. The van der Waals surface area contributed by atoms with Crippen LogP contribution in [0.25, 0.3) is 0 Å². The van der Waals surface area contributed by atoms with Crippen molar-refractivity contribution in [2.24, 2.45) is 11.7 Å². The molecule has 5 nitrogen and oxygen atoms in total. The standard InChI is InChI=1S/C17H25N3O2.ClH/c1-4-12-5-7-14(8-6-12)20-10-13(9-15(20)21)16(22)19-17(2,3)11-18;/h5-8,13H,4,9-11,18H2,1-3H3,(H,19,22);1H. The molecule has 1 atom stereocenters. The fourth-order valence-electron chi connectivity index (χ4n) is 2.53. The molecule has 0 radical (unpaired) electrons. The highest BCUT2D eigenvalue weighted by Crippen LogP contribution is 2.26. The maximum Gasteiger partial charge on any atom is 0.227 e. The van der Waals surface area contributed by atoms with E-state index in [0.29, 0.717) is 13.1 Å². The second kappa shape index (κ2) is 7.79. The molecule has 0 spiro atoms. The number of anilines is 1. The molecule has 0 aromatic heterocycles. The summed E-state index contributed by atoms with van der Waals surface area (Å²) in [7, 11) is 0. The maximum absolute atomic E-state index is 12.3. The first-order valence-corrected chi connectivity index (χ1v) is 7.77. The quantitative estimate of drug-likeness (QED) is 0.860. The first-order valence-electron chi connectivity index (χ1n) is 7.77. The van der Waals surface area contributed by atoms with E-state index < -0.39 is 5.54 Å². The van der Waals surface area contributed by atoms with Crippen LogP contribution in [0, 0.1) is 5.92 Å². The third-order valence-electron chi connectivity index (χ3n) is 4.12. The summed E-state index contributed by atoms with van der Waals surface area (Å²) in [6.07, 6.45) is 1.22. The lowest BCUT2D eigenvalue weighted by molar-refractivity contribution is -0.127. The van der Waals surface area contributed by atoms with Gasteiger partial charge in [0.1, 0.15) is 0 Å². The molecule has 128 valence electrons. The van der Waals surface area contributed by atoms with Crippen LogP contribution in [0.2, 0.25) is 0 Å². The molecule has 0 saturated carbocycles. The second-order valence-corrected chi connectivity index (χ2v) is 6.50. The summed E-state index contributed by atoms with van der Waals surface area (Å²) in [5, 5.41) is 2.92. The number of carbonyl (C=O) groups is 2. The van der Waals surface area contributed by atoms with Crippen LogP contribution in [-0.2, 0) is 16.0 Å². The molecule has 6 heteroatoms. The van der Waals surface area contributed by atoms with Gasteiger partial charge in [-0.05, 0) is 38.0 Å². The van der Waals surface area contributed by atoms with Crippen LogP contribution < -0.4 is 16.0 Å². The molecule has 2 rings (SSSR count). The van der Waals surface area contributed by atoms with E-state index in [4.69, 9.17) is 5.73 Å². The lowest BCUT2D eigenvalue weighted by Crippen LogP contribution is -2.51. The lowest BCUT2D eigenvalue weighted by atomic mass is 10.0. The Morgan fingerprint density at radius 3 is 2.48 bits per heavy atom. The van der Waals surface area contributed by atoms with Gasteiger partial charge in [-0.15, -0.1) is 12.4 Å². The molecule has 1 heterocycles. The molecule has 3 N–H and O–H groups in total. The number of nitrogens with two attached hydrogens (primary N) is 1. The third-order valence-corrected chi connectivity index (χ3v) is 4.12. The number of nitrogens with one attached hydrogen (secondary N) is 1. The Hall–Kier alpha value is -1.59. The van der Waals surface area contributed by atoms with Gasteiger partial charge in [-0.3, -0.25) is 9.59 Å². The van der Waals surface area contributed by atoms with Gasteiger partial charge in [-0.2, -0.15) is 0 Å². The number of benzene rings is 1. The van der Waals surface area contributed by atoms with Gasteiger partial charge < -0.3 is 16.0 Å². The van der Waals surface area contributed by atoms with Crippen molar-refractivity contribution >= 4 is 29.9 Å². The first-order chi connectivity index (χ1) is 10.4. The smallest absolute Gasteiger partial charge is 0.227 e. The summed E-state index contributed by atoms with van der Waals surface area (Å²) in [6.45, 7) is 6.64. The molecule has 23 heavy (non-hydrogen) atoms. The Kier molecular flexibility index (Phi) is 6.59. The van der Waals surface area contributed by atoms with Gasteiger partial charge in [0.05, 0.1) is 5.92 Å². The van der Waals surface area contributed by atoms with E-state index in [1.807, 2.05) is 38.1 Å². The van der Waals surface area contributed by atoms with Crippen molar-refractivity contribution in [3.05, 3.63) is 29.8 Å². The van der Waals surface area contributed by atoms with Gasteiger partial charge >= 0.3 is 0 Å². The van der Waals surface area contributed by atoms with E-state index in [-0.39, 0.29) is 36.6 Å². The molecule has 2 amide bonds. The minimum atomic E-state index is -0.448. The number of carbonyl (C=O) groups excluding carboxylic acids is 2. The molecule has 0 aliphatic carbocycles. The molecular formula is C17H26ClN3O2. The molecule has 1 saturated heterocycles. The van der Waals surface area contributed by atoms with Crippen molar-refractivity contribution in [2.45, 2.75) is 39.2 Å². The minimum absolute atomic E-state index is 0. The zero-order valence-electron chi connectivity index (χ0n) is 14.0. The Morgan fingerprint density at radius 2 is 1.96 bits per heavy atom. The SMILES string of the molecule is CCc1ccc(N2CC(C(=O)NC(C)(C)CN)CC2=O)cc1.Cl. The fraction of sp³-hybridized carbons (Fsp3) is 0.529. The van der Waals surface area contributed by atoms with Gasteiger partial charge in [0.15, 0.2) is 0 Å². The van der Waals surface area contributed by atoms with E-state index in [9.17, 15) is 9.59 Å². The highest BCUT2D eigenvalue weighted by Gasteiger charge is 2.36. The summed E-state index contributed by atoms with van der Waals surface area (Å²) in [4.78, 5) is 26.2. The second-order valence-electron chi connectivity index (χ2n) is 6.50. The Bertz CT molecular complexity index is 557. The predicted molar refractivity (Wildman–Crippen MR) is 94.8 cm³/mol. The number of amides is 2. The topological polar surface area (TPSA) is 75.4 Å². The average Bonchev–Trinajstić information content (AvgIpc) is 2.89. The highest BCUT2D eigenvalue weighted by molar-refractivity contribution is 6.00. The van der Waals surface area contributed by atoms with Crippen LogP contribution in [0.15, 0.2) is 24.3 Å². The number of aryl methyl sites for hydroxylation is 1. The Morgan fingerprint density at radius 1 is 1.35 bits per heavy atom. The predicted octanol–water partition coefficient (Wildman–Crippen LogP) is 1.88. The molecule has 1 aromatic rings. The number of nitrogens with zero attached hydrogens (tertiary/aromatic N) is 1. The van der Waals surface area contributed by atoms with Crippen LogP contribution in [0.1, 0.15) is 32.8 Å². The van der Waals surface area contributed by atoms with Crippen molar-refractivity contribution in [2.75, 3.05) is 18.0 Å². The van der Waals surface area contributed by atoms with Gasteiger partial charge in [0.25, 0.3) is 0 Å². The van der Waals surface area contributed by atoms with E-state index in [1.54, 1.807) is 4.90 Å². The minimum Gasteiger partial charge on any atom is -0.350 e. The largest absolute Gasteiger partial charge is 0.350 e.